The van der Waals surface area contributed by atoms with Crippen molar-refractivity contribution in [1.29, 1.82) is 0 Å². The summed E-state index contributed by atoms with van der Waals surface area (Å²) < 4.78 is 48.2. The standard InChI is InChI=1S/C20H22FN5O5S/c1-3-31-18-7-4-13(9-22-18)32(29,30)25-10-12(2)16(11-25)26-20-14(5-6-17(21)23-20)15(24-26)8-19(27)28/h4-7,9,12,16H,3,8,10-11H2,1-2H3,(H,27,28)/t12-,16+/m1/s1. The Kier molecular flexibility index (Phi) is 5.82. The molecular weight excluding hydrogens is 441 g/mol. The van der Waals surface area contributed by atoms with Crippen LogP contribution in [0.5, 0.6) is 5.88 Å². The zero-order chi connectivity index (χ0) is 23.0. The van der Waals surface area contributed by atoms with Crippen LogP contribution in [0.2, 0.25) is 0 Å². The number of carbonyl (C=O) groups is 1. The summed E-state index contributed by atoms with van der Waals surface area (Å²) in [6.45, 7) is 4.38. The van der Waals surface area contributed by atoms with Crippen LogP contribution in [-0.2, 0) is 21.2 Å². The van der Waals surface area contributed by atoms with Gasteiger partial charge in [0.25, 0.3) is 0 Å². The van der Waals surface area contributed by atoms with Crippen molar-refractivity contribution in [2.75, 3.05) is 19.7 Å². The fourth-order valence-corrected chi connectivity index (χ4v) is 5.39. The minimum absolute atomic E-state index is 0.0369. The average Bonchev–Trinajstić information content (AvgIpc) is 3.29. The van der Waals surface area contributed by atoms with Crippen LogP contribution in [-0.4, -0.2) is 63.2 Å². The summed E-state index contributed by atoms with van der Waals surface area (Å²) in [5, 5.41) is 14.0. The highest BCUT2D eigenvalue weighted by molar-refractivity contribution is 7.89. The van der Waals surface area contributed by atoms with Crippen molar-refractivity contribution in [3.05, 3.63) is 42.1 Å². The van der Waals surface area contributed by atoms with Crippen LogP contribution in [0.1, 0.15) is 25.6 Å². The van der Waals surface area contributed by atoms with Gasteiger partial charge in [-0.1, -0.05) is 6.92 Å². The number of hydrogen-bond acceptors (Lipinski definition) is 7. The molecule has 2 atom stereocenters. The van der Waals surface area contributed by atoms with E-state index < -0.39 is 28.0 Å². The molecule has 170 valence electrons. The monoisotopic (exact) mass is 463 g/mol. The maximum Gasteiger partial charge on any atom is 0.309 e. The Morgan fingerprint density at radius 3 is 2.72 bits per heavy atom. The predicted molar refractivity (Wildman–Crippen MR) is 111 cm³/mol. The molecular formula is C20H22FN5O5S. The van der Waals surface area contributed by atoms with E-state index in [2.05, 4.69) is 15.1 Å². The first-order valence-corrected chi connectivity index (χ1v) is 11.5. The van der Waals surface area contributed by atoms with E-state index in [0.29, 0.717) is 17.9 Å². The second kappa shape index (κ2) is 8.43. The average molecular weight is 463 g/mol. The summed E-state index contributed by atoms with van der Waals surface area (Å²) in [4.78, 5) is 19.2. The van der Waals surface area contributed by atoms with E-state index in [4.69, 9.17) is 4.74 Å². The van der Waals surface area contributed by atoms with Gasteiger partial charge in [0.05, 0.1) is 31.0 Å². The SMILES string of the molecule is CCOc1ccc(S(=O)(=O)N2C[C@@H](C)[C@@H](n3nc(CC(=O)O)c4ccc(F)nc43)C2)cn1. The lowest BCUT2D eigenvalue weighted by Gasteiger charge is -2.17. The maximum atomic E-state index is 13.9. The van der Waals surface area contributed by atoms with Gasteiger partial charge >= 0.3 is 5.97 Å². The van der Waals surface area contributed by atoms with Crippen molar-refractivity contribution in [1.82, 2.24) is 24.1 Å². The highest BCUT2D eigenvalue weighted by Gasteiger charge is 2.40. The molecule has 1 saturated heterocycles. The number of ether oxygens (including phenoxy) is 1. The second-order valence-electron chi connectivity index (χ2n) is 7.60. The van der Waals surface area contributed by atoms with Gasteiger partial charge in [0.15, 0.2) is 5.65 Å². The van der Waals surface area contributed by atoms with Crippen molar-refractivity contribution in [2.45, 2.75) is 31.2 Å². The first kappa shape index (κ1) is 22.1. The van der Waals surface area contributed by atoms with Crippen molar-refractivity contribution in [3.63, 3.8) is 0 Å². The Labute approximate surface area is 183 Å². The fourth-order valence-electron chi connectivity index (χ4n) is 3.88. The summed E-state index contributed by atoms with van der Waals surface area (Å²) in [5.74, 6) is -1.64. The number of sulfonamides is 1. The molecule has 0 aliphatic carbocycles. The zero-order valence-corrected chi connectivity index (χ0v) is 18.3. The molecule has 12 heteroatoms. The minimum atomic E-state index is -3.83. The number of hydrogen-bond donors (Lipinski definition) is 1. The first-order chi connectivity index (χ1) is 15.2. The summed E-state index contributed by atoms with van der Waals surface area (Å²) in [5.41, 5.74) is 0.448. The van der Waals surface area contributed by atoms with Gasteiger partial charge in [0.2, 0.25) is 21.9 Å². The second-order valence-corrected chi connectivity index (χ2v) is 9.54. The molecule has 0 radical (unpaired) electrons. The van der Waals surface area contributed by atoms with Crippen molar-refractivity contribution < 1.29 is 27.4 Å². The maximum absolute atomic E-state index is 13.9. The number of carboxylic acids is 1. The Morgan fingerprint density at radius 1 is 1.28 bits per heavy atom. The molecule has 4 rings (SSSR count). The van der Waals surface area contributed by atoms with Crippen molar-refractivity contribution >= 4 is 27.0 Å². The van der Waals surface area contributed by atoms with E-state index >= 15 is 0 Å². The number of carboxylic acid groups (broad SMARTS) is 1. The molecule has 1 aliphatic heterocycles. The Balaban J connectivity index is 1.66. The smallest absolute Gasteiger partial charge is 0.309 e. The van der Waals surface area contributed by atoms with Crippen LogP contribution in [0, 0.1) is 11.9 Å². The minimum Gasteiger partial charge on any atom is -0.481 e. The van der Waals surface area contributed by atoms with Crippen LogP contribution in [0.3, 0.4) is 0 Å². The molecule has 0 saturated carbocycles. The lowest BCUT2D eigenvalue weighted by Crippen LogP contribution is -2.29. The number of rotatable bonds is 7. The van der Waals surface area contributed by atoms with E-state index in [1.165, 1.54) is 33.4 Å². The molecule has 1 aliphatic rings. The van der Waals surface area contributed by atoms with Crippen LogP contribution in [0.25, 0.3) is 11.0 Å². The van der Waals surface area contributed by atoms with Crippen LogP contribution in [0.4, 0.5) is 4.39 Å². The van der Waals surface area contributed by atoms with Crippen LogP contribution >= 0.6 is 0 Å². The van der Waals surface area contributed by atoms with Gasteiger partial charge in [-0.2, -0.15) is 18.8 Å². The molecule has 10 nitrogen and oxygen atoms in total. The molecule has 1 fully saturated rings. The van der Waals surface area contributed by atoms with Gasteiger partial charge in [0.1, 0.15) is 4.90 Å². The van der Waals surface area contributed by atoms with Gasteiger partial charge < -0.3 is 9.84 Å². The van der Waals surface area contributed by atoms with E-state index in [9.17, 15) is 22.7 Å². The van der Waals surface area contributed by atoms with Crippen molar-refractivity contribution in [2.24, 2.45) is 5.92 Å². The fraction of sp³-hybridized carbons (Fsp3) is 0.400. The Morgan fingerprint density at radius 2 is 2.06 bits per heavy atom. The summed E-state index contributed by atoms with van der Waals surface area (Å²) in [6, 6.07) is 5.09. The number of pyridine rings is 2. The molecule has 0 unspecified atom stereocenters. The highest BCUT2D eigenvalue weighted by atomic mass is 32.2. The van der Waals surface area contributed by atoms with Gasteiger partial charge in [-0.05, 0) is 31.0 Å². The lowest BCUT2D eigenvalue weighted by atomic mass is 10.1. The number of nitrogens with zero attached hydrogens (tertiary/aromatic N) is 5. The predicted octanol–water partition coefficient (Wildman–Crippen LogP) is 1.87. The number of fused-ring (bicyclic) bond motifs is 1. The summed E-state index contributed by atoms with van der Waals surface area (Å²) in [6.07, 6.45) is 0.904. The molecule has 4 heterocycles. The molecule has 32 heavy (non-hydrogen) atoms. The topological polar surface area (TPSA) is 128 Å². The number of aliphatic carboxylic acids is 1. The quantitative estimate of drug-likeness (QED) is 0.526. The number of aromatic nitrogens is 4. The number of halogens is 1. The first-order valence-electron chi connectivity index (χ1n) is 10.0. The van der Waals surface area contributed by atoms with Gasteiger partial charge in [-0.25, -0.2) is 18.1 Å². The van der Waals surface area contributed by atoms with Crippen LogP contribution in [0.15, 0.2) is 35.4 Å². The summed E-state index contributed by atoms with van der Waals surface area (Å²) >= 11 is 0. The molecule has 0 aromatic carbocycles. The third-order valence-electron chi connectivity index (χ3n) is 5.41. The normalized spacial score (nSPS) is 19.5. The third kappa shape index (κ3) is 4.02. The third-order valence-corrected chi connectivity index (χ3v) is 7.22. The van der Waals surface area contributed by atoms with Gasteiger partial charge in [-0.3, -0.25) is 4.79 Å². The molecule has 0 spiro atoms. The Bertz CT molecular complexity index is 1260. The van der Waals surface area contributed by atoms with E-state index in [-0.39, 0.29) is 41.7 Å². The Hall–Kier alpha value is -3.12. The molecule has 1 N–H and O–H groups in total. The van der Waals surface area contributed by atoms with E-state index in [1.54, 1.807) is 6.92 Å². The summed E-state index contributed by atoms with van der Waals surface area (Å²) in [7, 11) is -3.83. The van der Waals surface area contributed by atoms with E-state index in [0.717, 1.165) is 6.07 Å². The molecule has 3 aromatic heterocycles. The van der Waals surface area contributed by atoms with Gasteiger partial charge in [0, 0.05) is 24.5 Å². The molecule has 0 bridgehead atoms. The molecule has 3 aromatic rings. The van der Waals surface area contributed by atoms with Gasteiger partial charge in [-0.15, -0.1) is 0 Å². The van der Waals surface area contributed by atoms with Crippen LogP contribution < -0.4 is 4.74 Å². The van der Waals surface area contributed by atoms with Crippen molar-refractivity contribution in [3.8, 4) is 5.88 Å². The zero-order valence-electron chi connectivity index (χ0n) is 17.5. The molecule has 0 amide bonds. The highest BCUT2D eigenvalue weighted by Crippen LogP contribution is 2.34. The van der Waals surface area contributed by atoms with E-state index in [1.807, 2.05) is 6.92 Å². The largest absolute Gasteiger partial charge is 0.481 e. The lowest BCUT2D eigenvalue weighted by molar-refractivity contribution is -0.136.